The molecular weight excluding hydrogens is 286 g/mol. The van der Waals surface area contributed by atoms with Crippen LogP contribution in [0.2, 0.25) is 0 Å². The standard InChI is InChI=1S/C15H25N3O2S/c1-2-14-18-12(10-21-14)6-7-16-15(20)17-9-11-4-3-5-13(19)8-11/h10-11,13,19H,2-9H2,1H3,(H2,16,17,20). The zero-order chi connectivity index (χ0) is 15.1. The van der Waals surface area contributed by atoms with Gasteiger partial charge < -0.3 is 15.7 Å². The summed E-state index contributed by atoms with van der Waals surface area (Å²) in [6.45, 7) is 3.35. The Hall–Kier alpha value is -1.14. The van der Waals surface area contributed by atoms with Crippen molar-refractivity contribution in [2.75, 3.05) is 13.1 Å². The lowest BCUT2D eigenvalue weighted by molar-refractivity contribution is 0.101. The van der Waals surface area contributed by atoms with Crippen molar-refractivity contribution < 1.29 is 9.90 Å². The quantitative estimate of drug-likeness (QED) is 0.753. The molecule has 1 aliphatic rings. The first kappa shape index (κ1) is 16.2. The van der Waals surface area contributed by atoms with Crippen LogP contribution in [0.3, 0.4) is 0 Å². The molecule has 1 fully saturated rings. The molecule has 1 aromatic heterocycles. The van der Waals surface area contributed by atoms with Crippen LogP contribution >= 0.6 is 11.3 Å². The number of aryl methyl sites for hydroxylation is 1. The Morgan fingerprint density at radius 2 is 2.33 bits per heavy atom. The fourth-order valence-electron chi connectivity index (χ4n) is 2.68. The highest BCUT2D eigenvalue weighted by Crippen LogP contribution is 2.23. The topological polar surface area (TPSA) is 74.2 Å². The minimum atomic E-state index is -0.189. The normalized spacial score (nSPS) is 22.0. The Labute approximate surface area is 130 Å². The molecule has 6 heteroatoms. The highest BCUT2D eigenvalue weighted by molar-refractivity contribution is 7.09. The third-order valence-corrected chi connectivity index (χ3v) is 4.92. The highest BCUT2D eigenvalue weighted by Gasteiger charge is 2.20. The molecule has 21 heavy (non-hydrogen) atoms. The van der Waals surface area contributed by atoms with Gasteiger partial charge in [0.25, 0.3) is 0 Å². The predicted octanol–water partition coefficient (Wildman–Crippen LogP) is 2.10. The molecule has 2 amide bonds. The van der Waals surface area contributed by atoms with Crippen LogP contribution in [0.5, 0.6) is 0 Å². The molecule has 1 aliphatic carbocycles. The van der Waals surface area contributed by atoms with Gasteiger partial charge in [0.1, 0.15) is 0 Å². The molecule has 2 atom stereocenters. The molecule has 1 saturated carbocycles. The van der Waals surface area contributed by atoms with Crippen molar-refractivity contribution in [3.63, 3.8) is 0 Å². The number of nitrogens with zero attached hydrogens (tertiary/aromatic N) is 1. The van der Waals surface area contributed by atoms with Crippen molar-refractivity contribution in [1.82, 2.24) is 15.6 Å². The first-order chi connectivity index (χ1) is 10.2. The molecule has 0 aromatic carbocycles. The van der Waals surface area contributed by atoms with E-state index in [9.17, 15) is 9.90 Å². The number of carbonyl (C=O) groups is 1. The highest BCUT2D eigenvalue weighted by atomic mass is 32.1. The SMILES string of the molecule is CCc1nc(CCNC(=O)NCC2CCCC(O)C2)cs1. The fourth-order valence-corrected chi connectivity index (χ4v) is 3.46. The molecular formula is C15H25N3O2S. The summed E-state index contributed by atoms with van der Waals surface area (Å²) in [5.74, 6) is 0.408. The maximum atomic E-state index is 11.7. The molecule has 118 valence electrons. The summed E-state index contributed by atoms with van der Waals surface area (Å²) in [7, 11) is 0. The van der Waals surface area contributed by atoms with Crippen LogP contribution in [0.1, 0.15) is 43.3 Å². The lowest BCUT2D eigenvalue weighted by atomic mass is 9.87. The van der Waals surface area contributed by atoms with E-state index in [1.807, 2.05) is 0 Å². The number of aromatic nitrogens is 1. The number of carbonyl (C=O) groups excluding carboxylic acids is 1. The first-order valence-electron chi connectivity index (χ1n) is 7.80. The predicted molar refractivity (Wildman–Crippen MR) is 84.6 cm³/mol. The summed E-state index contributed by atoms with van der Waals surface area (Å²) < 4.78 is 0. The average Bonchev–Trinajstić information content (AvgIpc) is 2.93. The Morgan fingerprint density at radius 1 is 1.48 bits per heavy atom. The lowest BCUT2D eigenvalue weighted by Crippen LogP contribution is -2.40. The Balaban J connectivity index is 1.59. The third kappa shape index (κ3) is 5.63. The van der Waals surface area contributed by atoms with Gasteiger partial charge in [-0.1, -0.05) is 13.3 Å². The van der Waals surface area contributed by atoms with Crippen molar-refractivity contribution in [1.29, 1.82) is 0 Å². The Morgan fingerprint density at radius 3 is 3.05 bits per heavy atom. The zero-order valence-corrected chi connectivity index (χ0v) is 13.4. The van der Waals surface area contributed by atoms with Gasteiger partial charge in [-0.25, -0.2) is 9.78 Å². The molecule has 0 aliphatic heterocycles. The summed E-state index contributed by atoms with van der Waals surface area (Å²) in [5.41, 5.74) is 1.05. The number of nitrogens with one attached hydrogen (secondary N) is 2. The molecule has 1 heterocycles. The number of rotatable bonds is 6. The van der Waals surface area contributed by atoms with Crippen LogP contribution in [0.4, 0.5) is 4.79 Å². The summed E-state index contributed by atoms with van der Waals surface area (Å²) in [6, 6.07) is -0.124. The van der Waals surface area contributed by atoms with Crippen LogP contribution in [0.15, 0.2) is 5.38 Å². The molecule has 0 radical (unpaired) electrons. The summed E-state index contributed by atoms with van der Waals surface area (Å²) in [4.78, 5) is 16.2. The van der Waals surface area contributed by atoms with Crippen LogP contribution in [0, 0.1) is 5.92 Å². The van der Waals surface area contributed by atoms with Crippen LogP contribution in [-0.4, -0.2) is 35.3 Å². The van der Waals surface area contributed by atoms with Gasteiger partial charge in [-0.05, 0) is 31.6 Å². The molecule has 3 N–H and O–H groups in total. The van der Waals surface area contributed by atoms with E-state index in [1.165, 1.54) is 0 Å². The molecule has 0 bridgehead atoms. The zero-order valence-electron chi connectivity index (χ0n) is 12.6. The van der Waals surface area contributed by atoms with Crippen molar-refractivity contribution in [2.24, 2.45) is 5.92 Å². The number of hydrogen-bond donors (Lipinski definition) is 3. The number of amides is 2. The van der Waals surface area contributed by atoms with Crippen LogP contribution < -0.4 is 10.6 Å². The van der Waals surface area contributed by atoms with Gasteiger partial charge in [0, 0.05) is 24.9 Å². The van der Waals surface area contributed by atoms with Crippen LogP contribution in [0.25, 0.3) is 0 Å². The Kier molecular flexibility index (Phi) is 6.45. The number of hydrogen-bond acceptors (Lipinski definition) is 4. The smallest absolute Gasteiger partial charge is 0.314 e. The Bertz CT molecular complexity index is 450. The van der Waals surface area contributed by atoms with Crippen molar-refractivity contribution >= 4 is 17.4 Å². The summed E-state index contributed by atoms with van der Waals surface area (Å²) >= 11 is 1.67. The lowest BCUT2D eigenvalue weighted by Gasteiger charge is -2.25. The van der Waals surface area contributed by atoms with Crippen LogP contribution in [-0.2, 0) is 12.8 Å². The third-order valence-electron chi connectivity index (χ3n) is 3.87. The second kappa shape index (κ2) is 8.34. The molecule has 1 aromatic rings. The van der Waals surface area contributed by atoms with Gasteiger partial charge >= 0.3 is 6.03 Å². The van der Waals surface area contributed by atoms with E-state index < -0.39 is 0 Å². The minimum Gasteiger partial charge on any atom is -0.393 e. The van der Waals surface area contributed by atoms with Crippen molar-refractivity contribution in [2.45, 2.75) is 51.6 Å². The summed E-state index contributed by atoms with van der Waals surface area (Å²) in [5, 5.41) is 18.6. The number of aliphatic hydroxyl groups excluding tert-OH is 1. The van der Waals surface area contributed by atoms with E-state index in [4.69, 9.17) is 0 Å². The maximum absolute atomic E-state index is 11.7. The number of thiazole rings is 1. The second-order valence-electron chi connectivity index (χ2n) is 5.66. The van der Waals surface area contributed by atoms with E-state index >= 15 is 0 Å². The monoisotopic (exact) mass is 311 g/mol. The van der Waals surface area contributed by atoms with E-state index in [1.54, 1.807) is 11.3 Å². The molecule has 0 saturated heterocycles. The summed E-state index contributed by atoms with van der Waals surface area (Å²) in [6.07, 6.45) is 5.40. The van der Waals surface area contributed by atoms with E-state index in [2.05, 4.69) is 27.9 Å². The van der Waals surface area contributed by atoms with Gasteiger partial charge in [0.05, 0.1) is 16.8 Å². The van der Waals surface area contributed by atoms with Gasteiger partial charge in [-0.2, -0.15) is 0 Å². The van der Waals surface area contributed by atoms with Crippen molar-refractivity contribution in [3.05, 3.63) is 16.1 Å². The average molecular weight is 311 g/mol. The van der Waals surface area contributed by atoms with Crippen molar-refractivity contribution in [3.8, 4) is 0 Å². The molecule has 0 spiro atoms. The fraction of sp³-hybridized carbons (Fsp3) is 0.733. The second-order valence-corrected chi connectivity index (χ2v) is 6.60. The van der Waals surface area contributed by atoms with Gasteiger partial charge in [0.2, 0.25) is 0 Å². The van der Waals surface area contributed by atoms with E-state index in [-0.39, 0.29) is 12.1 Å². The largest absolute Gasteiger partial charge is 0.393 e. The number of urea groups is 1. The van der Waals surface area contributed by atoms with Gasteiger partial charge in [-0.15, -0.1) is 11.3 Å². The first-order valence-corrected chi connectivity index (χ1v) is 8.68. The molecule has 2 unspecified atom stereocenters. The van der Waals surface area contributed by atoms with Gasteiger partial charge in [-0.3, -0.25) is 0 Å². The van der Waals surface area contributed by atoms with E-state index in [0.29, 0.717) is 19.0 Å². The minimum absolute atomic E-state index is 0.124. The van der Waals surface area contributed by atoms with E-state index in [0.717, 1.165) is 49.2 Å². The molecule has 2 rings (SSSR count). The molecule has 5 nitrogen and oxygen atoms in total. The van der Waals surface area contributed by atoms with Gasteiger partial charge in [0.15, 0.2) is 0 Å². The number of aliphatic hydroxyl groups is 1. The maximum Gasteiger partial charge on any atom is 0.314 e.